The quantitative estimate of drug-likeness (QED) is 0.0917. The molecule has 0 bridgehead atoms. The first-order valence-electron chi connectivity index (χ1n) is 27.5. The van der Waals surface area contributed by atoms with Crippen LogP contribution in [0.1, 0.15) is 140 Å². The number of allylic oxidation sites excluding steroid dienone is 1. The van der Waals surface area contributed by atoms with E-state index in [-0.39, 0.29) is 49.0 Å². The average Bonchev–Trinajstić information content (AvgIpc) is 3.66. The minimum atomic E-state index is -1.66. The van der Waals surface area contributed by atoms with E-state index in [0.29, 0.717) is 57.8 Å². The van der Waals surface area contributed by atoms with Crippen molar-refractivity contribution in [1.29, 1.82) is 0 Å². The van der Waals surface area contributed by atoms with E-state index < -0.39 is 126 Å². The molecule has 4 heterocycles. The van der Waals surface area contributed by atoms with Crippen LogP contribution in [0.3, 0.4) is 0 Å². The second kappa shape index (κ2) is 23.0. The molecule has 0 aromatic carbocycles. The van der Waals surface area contributed by atoms with Crippen molar-refractivity contribution in [3.05, 3.63) is 23.3 Å². The van der Waals surface area contributed by atoms with Gasteiger partial charge in [-0.1, -0.05) is 44.9 Å². The predicted molar refractivity (Wildman–Crippen MR) is 267 cm³/mol. The third-order valence-corrected chi connectivity index (χ3v) is 19.4. The molecule has 8 rings (SSSR count). The molecule has 3 N–H and O–H groups in total. The number of hydrogen-bond acceptors (Lipinski definition) is 18. The molecule has 74 heavy (non-hydrogen) atoms. The fourth-order valence-corrected chi connectivity index (χ4v) is 14.7. The minimum absolute atomic E-state index is 0.0737. The van der Waals surface area contributed by atoms with Gasteiger partial charge in [0, 0.05) is 77.4 Å². The summed E-state index contributed by atoms with van der Waals surface area (Å²) in [7, 11) is 6.52. The van der Waals surface area contributed by atoms with E-state index in [9.17, 15) is 24.9 Å². The number of aliphatic hydroxyl groups is 3. The van der Waals surface area contributed by atoms with Gasteiger partial charge in [0.25, 0.3) is 0 Å². The molecule has 0 aromatic rings. The molecule has 8 aliphatic rings. The molecule has 0 unspecified atom stereocenters. The lowest BCUT2D eigenvalue weighted by molar-refractivity contribution is -0.347. The highest BCUT2D eigenvalue weighted by Gasteiger charge is 2.77. The molecule has 4 aliphatic carbocycles. The van der Waals surface area contributed by atoms with E-state index in [1.54, 1.807) is 35.4 Å². The van der Waals surface area contributed by atoms with Gasteiger partial charge in [0.1, 0.15) is 47.5 Å². The molecule has 7 fully saturated rings. The van der Waals surface area contributed by atoms with Crippen molar-refractivity contribution in [3.63, 3.8) is 0 Å². The Hall–Kier alpha value is -1.98. The van der Waals surface area contributed by atoms with Crippen molar-refractivity contribution >= 4 is 11.8 Å². The Labute approximate surface area is 439 Å². The molecule has 24 atom stereocenters. The number of fused-ring (bicyclic) bond motifs is 5. The maximum absolute atomic E-state index is 13.6. The first-order chi connectivity index (χ1) is 34.9. The first-order valence-corrected chi connectivity index (χ1v) is 27.5. The van der Waals surface area contributed by atoms with Crippen LogP contribution in [0.25, 0.3) is 0 Å². The van der Waals surface area contributed by atoms with Gasteiger partial charge in [0.05, 0.1) is 54.9 Å². The molecule has 18 nitrogen and oxygen atoms in total. The normalized spacial score (nSPS) is 48.8. The standard InChI is InChI=1S/C56H90O18/c1-28(2)29(3)21-44(58)71-43-27-42-53(9)18-16-36(22-35(53)15-19-55(42,60)56(61)20-17-37(30(4)57)54(43,56)10)70-45-24-39(63-12)50(32(6)67-45)73-47-26-41(65-14)52(34(8)69-47)74-48-25-40(64-13)51(33(7)68-48)72-46-23-38(62-11)49(59)31(5)66-46/h15,21,28,31-34,36-43,45-52,59-61H,16-20,22-27H2,1-14H3/b29-21+/t31-,32-,33-,34-,36+,37+,38+,39+,40-,41+,42-,43-,45+,46+,47+,48+,49-,50-,51-,52-,53+,54+,55+,56-/m1/s1. The maximum atomic E-state index is 13.6. The van der Waals surface area contributed by atoms with Gasteiger partial charge in [-0.05, 0) is 97.8 Å². The van der Waals surface area contributed by atoms with Crippen molar-refractivity contribution in [1.82, 2.24) is 0 Å². The van der Waals surface area contributed by atoms with Gasteiger partial charge in [-0.2, -0.15) is 0 Å². The summed E-state index contributed by atoms with van der Waals surface area (Å²) in [6.07, 6.45) is -0.519. The molecule has 0 radical (unpaired) electrons. The van der Waals surface area contributed by atoms with Crippen molar-refractivity contribution in [2.24, 2.45) is 28.6 Å². The first kappa shape index (κ1) is 58.2. The number of Topliss-reactive ketones (excluding diaryl/α,β-unsaturated/α-hetero) is 1. The average molecular weight is 1050 g/mol. The topological polar surface area (TPSA) is 215 Å². The second-order valence-corrected chi connectivity index (χ2v) is 23.8. The Kier molecular flexibility index (Phi) is 18.1. The summed E-state index contributed by atoms with van der Waals surface area (Å²) < 4.78 is 81.8. The third-order valence-electron chi connectivity index (χ3n) is 19.4. The summed E-state index contributed by atoms with van der Waals surface area (Å²) in [6, 6.07) is 0. The van der Waals surface area contributed by atoms with Gasteiger partial charge in [0.15, 0.2) is 25.2 Å². The zero-order chi connectivity index (χ0) is 53.8. The number of esters is 1. The zero-order valence-electron chi connectivity index (χ0n) is 46.5. The van der Waals surface area contributed by atoms with Gasteiger partial charge < -0.3 is 76.9 Å². The largest absolute Gasteiger partial charge is 0.458 e. The highest BCUT2D eigenvalue weighted by molar-refractivity contribution is 5.83. The number of carbonyl (C=O) groups excluding carboxylic acids is 2. The van der Waals surface area contributed by atoms with Crippen molar-refractivity contribution in [2.45, 2.75) is 262 Å². The number of carbonyl (C=O) groups is 2. The van der Waals surface area contributed by atoms with Crippen LogP contribution in [0, 0.1) is 28.6 Å². The molecule has 0 amide bonds. The van der Waals surface area contributed by atoms with Crippen LogP contribution in [0.15, 0.2) is 23.3 Å². The van der Waals surface area contributed by atoms with E-state index in [2.05, 4.69) is 13.0 Å². The van der Waals surface area contributed by atoms with Crippen LogP contribution < -0.4 is 0 Å². The van der Waals surface area contributed by atoms with E-state index in [0.717, 1.165) is 11.1 Å². The highest BCUT2D eigenvalue weighted by Crippen LogP contribution is 2.70. The lowest BCUT2D eigenvalue weighted by Crippen LogP contribution is -2.75. The van der Waals surface area contributed by atoms with Crippen LogP contribution in [-0.2, 0) is 71.2 Å². The summed E-state index contributed by atoms with van der Waals surface area (Å²) in [5.74, 6) is -1.42. The smallest absolute Gasteiger partial charge is 0.330 e. The molecule has 3 saturated carbocycles. The Balaban J connectivity index is 0.869. The number of hydrogen-bond donors (Lipinski definition) is 3. The number of ether oxygens (including phenoxy) is 13. The van der Waals surface area contributed by atoms with Crippen LogP contribution in [0.4, 0.5) is 0 Å². The molecular formula is C56H90O18. The molecule has 0 spiro atoms. The molecule has 18 heteroatoms. The van der Waals surface area contributed by atoms with Crippen LogP contribution in [0.2, 0.25) is 0 Å². The Morgan fingerprint density at radius 1 is 0.676 bits per heavy atom. The van der Waals surface area contributed by atoms with Gasteiger partial charge in [0.2, 0.25) is 0 Å². The number of rotatable bonds is 16. The molecule has 4 aliphatic heterocycles. The predicted octanol–water partition coefficient (Wildman–Crippen LogP) is 6.01. The molecule has 4 saturated heterocycles. The van der Waals surface area contributed by atoms with Crippen LogP contribution in [-0.4, -0.2) is 177 Å². The van der Waals surface area contributed by atoms with Crippen LogP contribution in [0.5, 0.6) is 0 Å². The number of aliphatic hydroxyl groups excluding tert-OH is 1. The van der Waals surface area contributed by atoms with Crippen LogP contribution >= 0.6 is 0 Å². The fourth-order valence-electron chi connectivity index (χ4n) is 14.7. The lowest BCUT2D eigenvalue weighted by atomic mass is 9.43. The summed E-state index contributed by atoms with van der Waals surface area (Å²) in [6.45, 7) is 19.1. The van der Waals surface area contributed by atoms with E-state index >= 15 is 0 Å². The monoisotopic (exact) mass is 1050 g/mol. The van der Waals surface area contributed by atoms with Crippen molar-refractivity contribution < 1.29 is 86.5 Å². The third kappa shape index (κ3) is 10.8. The summed E-state index contributed by atoms with van der Waals surface area (Å²) in [5, 5.41) is 36.3. The summed E-state index contributed by atoms with van der Waals surface area (Å²) in [5.41, 5.74) is -2.87. The van der Waals surface area contributed by atoms with Gasteiger partial charge in [-0.15, -0.1) is 0 Å². The van der Waals surface area contributed by atoms with Crippen molar-refractivity contribution in [2.75, 3.05) is 28.4 Å². The van der Waals surface area contributed by atoms with E-state index in [1.165, 1.54) is 13.0 Å². The van der Waals surface area contributed by atoms with Crippen molar-refractivity contribution in [3.8, 4) is 0 Å². The highest BCUT2D eigenvalue weighted by atomic mass is 16.8. The van der Waals surface area contributed by atoms with Gasteiger partial charge >= 0.3 is 5.97 Å². The Morgan fingerprint density at radius 2 is 1.15 bits per heavy atom. The molecule has 422 valence electrons. The lowest BCUT2D eigenvalue weighted by Gasteiger charge is -2.66. The summed E-state index contributed by atoms with van der Waals surface area (Å²) in [4.78, 5) is 26.8. The number of methoxy groups -OCH3 is 4. The minimum Gasteiger partial charge on any atom is -0.458 e. The Morgan fingerprint density at radius 3 is 1.62 bits per heavy atom. The molecule has 0 aromatic heterocycles. The Bertz CT molecular complexity index is 2020. The fraction of sp³-hybridized carbons (Fsp3) is 0.893. The van der Waals surface area contributed by atoms with E-state index in [4.69, 9.17) is 61.6 Å². The SMILES string of the molecule is CO[C@H]1C[C@H](O[C@@H]2[C@@H](C)O[C@@H](O[C@H]3[C@@H](OC)C[C@H](O[C@H]4[C@@H](OC)C[C@H](O[C@H]5CC[C@@]6(C)C(=CC[C@]7(O)[C@@H]6C[C@@H](OC(=O)/C=C(\C)C(C)C)[C@]6(C)[C@H](C(C)=O)CC[C@@]67O)C5)O[C@@H]4C)O[C@@H]3C)C[C@H]2OC)O[C@H](C)[C@H]1O. The maximum Gasteiger partial charge on any atom is 0.330 e. The van der Waals surface area contributed by atoms with Gasteiger partial charge in [-0.3, -0.25) is 4.79 Å². The van der Waals surface area contributed by atoms with E-state index in [1.807, 2.05) is 48.5 Å². The zero-order valence-corrected chi connectivity index (χ0v) is 46.5. The molecular weight excluding hydrogens is 961 g/mol. The summed E-state index contributed by atoms with van der Waals surface area (Å²) >= 11 is 0. The van der Waals surface area contributed by atoms with Gasteiger partial charge in [-0.25, -0.2) is 4.79 Å². The number of ketones is 1. The second-order valence-electron chi connectivity index (χ2n) is 23.8.